The number of ether oxygens (including phenoxy) is 2. The molecule has 8 heteroatoms. The van der Waals surface area contributed by atoms with Crippen molar-refractivity contribution >= 4 is 11.7 Å². The molecule has 0 bridgehead atoms. The zero-order valence-electron chi connectivity index (χ0n) is 15.8. The van der Waals surface area contributed by atoms with E-state index in [2.05, 4.69) is 20.3 Å². The fourth-order valence-electron chi connectivity index (χ4n) is 3.05. The molecular weight excluding hydrogens is 370 g/mol. The van der Waals surface area contributed by atoms with Crippen LogP contribution in [0.25, 0.3) is 0 Å². The van der Waals surface area contributed by atoms with E-state index in [1.165, 1.54) is 0 Å². The van der Waals surface area contributed by atoms with Gasteiger partial charge in [-0.2, -0.15) is 0 Å². The molecule has 0 atom stereocenters. The summed E-state index contributed by atoms with van der Waals surface area (Å²) in [7, 11) is 0. The van der Waals surface area contributed by atoms with Crippen LogP contribution < -0.4 is 14.8 Å². The molecule has 4 rings (SSSR count). The molecule has 2 aromatic heterocycles. The van der Waals surface area contributed by atoms with E-state index in [9.17, 15) is 4.79 Å². The highest BCUT2D eigenvalue weighted by Crippen LogP contribution is 2.23. The molecule has 3 aromatic rings. The number of amides is 2. The maximum absolute atomic E-state index is 12.5. The minimum atomic E-state index is -0.121. The van der Waals surface area contributed by atoms with Crippen molar-refractivity contribution in [1.29, 1.82) is 0 Å². The van der Waals surface area contributed by atoms with Crippen molar-refractivity contribution in [2.24, 2.45) is 0 Å². The topological polar surface area (TPSA) is 89.5 Å². The van der Waals surface area contributed by atoms with Crippen molar-refractivity contribution < 1.29 is 14.3 Å². The molecule has 1 aromatic carbocycles. The zero-order valence-corrected chi connectivity index (χ0v) is 15.8. The van der Waals surface area contributed by atoms with E-state index in [1.807, 2.05) is 36.4 Å². The first kappa shape index (κ1) is 18.7. The van der Waals surface area contributed by atoms with E-state index in [0.717, 1.165) is 12.8 Å². The Balaban J connectivity index is 1.25. The highest BCUT2D eigenvalue weighted by Gasteiger charge is 2.24. The van der Waals surface area contributed by atoms with Crippen molar-refractivity contribution in [1.82, 2.24) is 19.9 Å². The number of anilines is 1. The first-order valence-electron chi connectivity index (χ1n) is 9.43. The summed E-state index contributed by atoms with van der Waals surface area (Å²) >= 11 is 0. The smallest absolute Gasteiger partial charge is 0.321 e. The molecule has 1 N–H and O–H groups in total. The van der Waals surface area contributed by atoms with Crippen LogP contribution in [0.3, 0.4) is 0 Å². The van der Waals surface area contributed by atoms with Gasteiger partial charge in [0.05, 0.1) is 12.4 Å². The Kier molecular flexibility index (Phi) is 5.80. The lowest BCUT2D eigenvalue weighted by Gasteiger charge is -2.31. The van der Waals surface area contributed by atoms with E-state index in [-0.39, 0.29) is 12.1 Å². The average Bonchev–Trinajstić information content (AvgIpc) is 2.77. The first-order chi connectivity index (χ1) is 14.3. The number of hydrogen-bond donors (Lipinski definition) is 1. The fraction of sp³-hybridized carbons (Fsp3) is 0.238. The number of carbonyl (C=O) groups is 1. The van der Waals surface area contributed by atoms with Gasteiger partial charge in [0.2, 0.25) is 5.88 Å². The van der Waals surface area contributed by atoms with Crippen LogP contribution in [0.5, 0.6) is 17.4 Å². The molecule has 1 saturated heterocycles. The second-order valence-electron chi connectivity index (χ2n) is 6.59. The van der Waals surface area contributed by atoms with E-state index in [0.29, 0.717) is 36.2 Å². The van der Waals surface area contributed by atoms with Gasteiger partial charge in [0.1, 0.15) is 17.6 Å². The number of urea groups is 1. The Labute approximate surface area is 168 Å². The van der Waals surface area contributed by atoms with Gasteiger partial charge in [0.25, 0.3) is 0 Å². The summed E-state index contributed by atoms with van der Waals surface area (Å²) in [6.07, 6.45) is 9.69. The molecular formula is C21H21N5O3. The third-order valence-electron chi connectivity index (χ3n) is 4.53. The molecule has 1 aliphatic heterocycles. The lowest BCUT2D eigenvalue weighted by Crippen LogP contribution is -2.43. The molecule has 0 saturated carbocycles. The molecule has 0 radical (unpaired) electrons. The maximum atomic E-state index is 12.5. The number of carbonyl (C=O) groups excluding carboxylic acids is 1. The fourth-order valence-corrected chi connectivity index (χ4v) is 3.05. The Morgan fingerprint density at radius 3 is 2.45 bits per heavy atom. The average molecular weight is 391 g/mol. The van der Waals surface area contributed by atoms with Crippen LogP contribution in [0.1, 0.15) is 12.8 Å². The van der Waals surface area contributed by atoms with Gasteiger partial charge in [0, 0.05) is 50.2 Å². The number of rotatable bonds is 5. The van der Waals surface area contributed by atoms with E-state index in [1.54, 1.807) is 35.9 Å². The molecule has 29 heavy (non-hydrogen) atoms. The second kappa shape index (κ2) is 9.01. The number of pyridine rings is 1. The third-order valence-corrected chi connectivity index (χ3v) is 4.53. The third kappa shape index (κ3) is 5.19. The second-order valence-corrected chi connectivity index (χ2v) is 6.59. The summed E-state index contributed by atoms with van der Waals surface area (Å²) in [4.78, 5) is 26.4. The summed E-state index contributed by atoms with van der Waals surface area (Å²) in [5.74, 6) is 1.86. The molecule has 2 amide bonds. The first-order valence-corrected chi connectivity index (χ1v) is 9.43. The number of nitrogens with zero attached hydrogens (tertiary/aromatic N) is 4. The standard InChI is InChI=1S/C21H21N5O3/c27-21(26-12-7-18(8-13-26)29-20-15-23-10-11-24-20)25-16-3-5-17(6-4-16)28-19-2-1-9-22-14-19/h1-6,9-11,14-15,18H,7-8,12-13H2,(H,25,27). The normalized spacial score (nSPS) is 14.3. The lowest BCUT2D eigenvalue weighted by molar-refractivity contribution is 0.111. The zero-order chi connectivity index (χ0) is 19.9. The van der Waals surface area contributed by atoms with Crippen molar-refractivity contribution in [3.05, 3.63) is 67.4 Å². The van der Waals surface area contributed by atoms with Crippen LogP contribution in [0.2, 0.25) is 0 Å². The Morgan fingerprint density at radius 2 is 1.76 bits per heavy atom. The minimum Gasteiger partial charge on any atom is -0.473 e. The predicted octanol–water partition coefficient (Wildman–Crippen LogP) is 3.74. The van der Waals surface area contributed by atoms with Gasteiger partial charge >= 0.3 is 6.03 Å². The Morgan fingerprint density at radius 1 is 0.966 bits per heavy atom. The van der Waals surface area contributed by atoms with E-state index < -0.39 is 0 Å². The number of nitrogens with one attached hydrogen (secondary N) is 1. The van der Waals surface area contributed by atoms with Gasteiger partial charge in [-0.25, -0.2) is 9.78 Å². The number of likely N-dealkylation sites (tertiary alicyclic amines) is 1. The van der Waals surface area contributed by atoms with Crippen LogP contribution in [0.15, 0.2) is 67.4 Å². The van der Waals surface area contributed by atoms with Crippen molar-refractivity contribution in [3.63, 3.8) is 0 Å². The summed E-state index contributed by atoms with van der Waals surface area (Å²) in [6.45, 7) is 1.25. The quantitative estimate of drug-likeness (QED) is 0.713. The molecule has 1 fully saturated rings. The highest BCUT2D eigenvalue weighted by atomic mass is 16.5. The molecule has 0 spiro atoms. The van der Waals surface area contributed by atoms with Gasteiger partial charge in [-0.05, 0) is 36.4 Å². The van der Waals surface area contributed by atoms with Crippen LogP contribution in [-0.4, -0.2) is 45.1 Å². The lowest BCUT2D eigenvalue weighted by atomic mass is 10.1. The number of piperidine rings is 1. The summed E-state index contributed by atoms with van der Waals surface area (Å²) in [6, 6.07) is 10.8. The number of benzene rings is 1. The summed E-state index contributed by atoms with van der Waals surface area (Å²) in [5, 5.41) is 2.92. The van der Waals surface area contributed by atoms with E-state index in [4.69, 9.17) is 9.47 Å². The molecule has 1 aliphatic rings. The van der Waals surface area contributed by atoms with Gasteiger partial charge < -0.3 is 19.7 Å². The Hall–Kier alpha value is -3.68. The number of hydrogen-bond acceptors (Lipinski definition) is 6. The monoisotopic (exact) mass is 391 g/mol. The molecule has 8 nitrogen and oxygen atoms in total. The van der Waals surface area contributed by atoms with Crippen LogP contribution in [0, 0.1) is 0 Å². The van der Waals surface area contributed by atoms with Crippen LogP contribution in [0.4, 0.5) is 10.5 Å². The minimum absolute atomic E-state index is 0.0414. The SMILES string of the molecule is O=C(Nc1ccc(Oc2cccnc2)cc1)N1CCC(Oc2cnccn2)CC1. The number of aromatic nitrogens is 3. The van der Waals surface area contributed by atoms with Crippen molar-refractivity contribution in [2.75, 3.05) is 18.4 Å². The maximum Gasteiger partial charge on any atom is 0.321 e. The Bertz CT molecular complexity index is 914. The molecule has 0 unspecified atom stereocenters. The molecule has 148 valence electrons. The highest BCUT2D eigenvalue weighted by molar-refractivity contribution is 5.89. The van der Waals surface area contributed by atoms with E-state index >= 15 is 0 Å². The predicted molar refractivity (Wildman–Crippen MR) is 107 cm³/mol. The van der Waals surface area contributed by atoms with Gasteiger partial charge in [-0.3, -0.25) is 9.97 Å². The summed E-state index contributed by atoms with van der Waals surface area (Å²) < 4.78 is 11.5. The van der Waals surface area contributed by atoms with Crippen molar-refractivity contribution in [2.45, 2.75) is 18.9 Å². The van der Waals surface area contributed by atoms with Crippen LogP contribution >= 0.6 is 0 Å². The van der Waals surface area contributed by atoms with Crippen LogP contribution in [-0.2, 0) is 0 Å². The molecule has 0 aliphatic carbocycles. The van der Waals surface area contributed by atoms with Crippen molar-refractivity contribution in [3.8, 4) is 17.4 Å². The largest absolute Gasteiger partial charge is 0.473 e. The van der Waals surface area contributed by atoms with Gasteiger partial charge in [0.15, 0.2) is 0 Å². The summed E-state index contributed by atoms with van der Waals surface area (Å²) in [5.41, 5.74) is 0.714. The van der Waals surface area contributed by atoms with Gasteiger partial charge in [-0.15, -0.1) is 0 Å². The molecule has 3 heterocycles. The van der Waals surface area contributed by atoms with Gasteiger partial charge in [-0.1, -0.05) is 0 Å².